The number of carbonyl (C=O) groups is 1. The molecule has 3 aromatic rings. The fourth-order valence-electron chi connectivity index (χ4n) is 3.97. The van der Waals surface area contributed by atoms with E-state index in [-0.39, 0.29) is 23.5 Å². The number of esters is 1. The lowest BCUT2D eigenvalue weighted by Gasteiger charge is -2.25. The number of hydrogen-bond donors (Lipinski definition) is 1. The quantitative estimate of drug-likeness (QED) is 0.307. The molecular weight excluding hydrogens is 710 g/mol. The van der Waals surface area contributed by atoms with Gasteiger partial charge in [0.15, 0.2) is 16.3 Å². The van der Waals surface area contributed by atoms with E-state index in [1.165, 1.54) is 30.1 Å². The van der Waals surface area contributed by atoms with Crippen molar-refractivity contribution in [1.82, 2.24) is 4.57 Å². The van der Waals surface area contributed by atoms with E-state index in [4.69, 9.17) is 14.2 Å². The maximum atomic E-state index is 13.8. The van der Waals surface area contributed by atoms with Gasteiger partial charge in [-0.2, -0.15) is 0 Å². The number of phenols is 1. The van der Waals surface area contributed by atoms with Crippen LogP contribution in [0.25, 0.3) is 6.08 Å². The first-order chi connectivity index (χ1) is 17.2. The Labute approximate surface area is 238 Å². The molecule has 8 nitrogen and oxygen atoms in total. The van der Waals surface area contributed by atoms with Crippen LogP contribution in [-0.2, 0) is 9.53 Å². The number of hydrogen-bond acceptors (Lipinski definition) is 8. The van der Waals surface area contributed by atoms with Crippen molar-refractivity contribution in [3.63, 3.8) is 0 Å². The Morgan fingerprint density at radius 3 is 2.58 bits per heavy atom. The van der Waals surface area contributed by atoms with Crippen molar-refractivity contribution in [3.05, 3.63) is 79.6 Å². The highest BCUT2D eigenvalue weighted by molar-refractivity contribution is 14.1. The summed E-state index contributed by atoms with van der Waals surface area (Å²) in [4.78, 5) is 31.8. The van der Waals surface area contributed by atoms with Gasteiger partial charge in [-0.3, -0.25) is 9.36 Å². The van der Waals surface area contributed by atoms with Crippen LogP contribution in [-0.4, -0.2) is 36.5 Å². The van der Waals surface area contributed by atoms with Crippen molar-refractivity contribution < 1.29 is 24.1 Å². The fourth-order valence-corrected chi connectivity index (χ4v) is 6.89. The first-order valence-corrected chi connectivity index (χ1v) is 13.8. The number of fused-ring (bicyclic) bond motifs is 1. The van der Waals surface area contributed by atoms with E-state index in [9.17, 15) is 14.7 Å². The zero-order chi connectivity index (χ0) is 26.1. The Morgan fingerprint density at radius 1 is 1.19 bits per heavy atom. The first-order valence-electron chi connectivity index (χ1n) is 10.8. The molecule has 11 heteroatoms. The molecule has 188 valence electrons. The van der Waals surface area contributed by atoms with E-state index < -0.39 is 12.0 Å². The lowest BCUT2D eigenvalue weighted by Crippen LogP contribution is -2.40. The van der Waals surface area contributed by atoms with Crippen LogP contribution in [0.3, 0.4) is 0 Å². The van der Waals surface area contributed by atoms with Gasteiger partial charge in [0.2, 0.25) is 0 Å². The number of halogens is 2. The van der Waals surface area contributed by atoms with Gasteiger partial charge in [0.25, 0.3) is 5.56 Å². The SMILES string of the molecule is CCOC(=O)C1=C(C)N=c2s/c(=C\c3cc(I)cc(I)c3O)c(=O)n2[C@@H]1c1ccc(OC)c(OC)c1. The van der Waals surface area contributed by atoms with Gasteiger partial charge >= 0.3 is 5.97 Å². The minimum Gasteiger partial charge on any atom is -0.506 e. The Kier molecular flexibility index (Phi) is 8.09. The Hall–Kier alpha value is -2.39. The van der Waals surface area contributed by atoms with Crippen LogP contribution in [0.15, 0.2) is 51.4 Å². The van der Waals surface area contributed by atoms with Crippen molar-refractivity contribution in [2.75, 3.05) is 20.8 Å². The summed E-state index contributed by atoms with van der Waals surface area (Å²) in [7, 11) is 3.06. The third kappa shape index (κ3) is 4.92. The third-order valence-corrected chi connectivity index (χ3v) is 8.01. The number of thiazole rings is 1. The lowest BCUT2D eigenvalue weighted by atomic mass is 9.95. The molecule has 1 aliphatic rings. The normalized spacial score (nSPS) is 15.4. The average Bonchev–Trinajstić information content (AvgIpc) is 3.15. The highest BCUT2D eigenvalue weighted by Gasteiger charge is 2.34. The third-order valence-electron chi connectivity index (χ3n) is 5.58. The number of allylic oxidation sites excluding steroid dienone is 1. The van der Waals surface area contributed by atoms with Crippen molar-refractivity contribution in [2.45, 2.75) is 19.9 Å². The van der Waals surface area contributed by atoms with Crippen molar-refractivity contribution in [2.24, 2.45) is 4.99 Å². The smallest absolute Gasteiger partial charge is 0.338 e. The Balaban J connectivity index is 2.00. The van der Waals surface area contributed by atoms with E-state index in [1.54, 1.807) is 44.2 Å². The topological polar surface area (TPSA) is 99.4 Å². The highest BCUT2D eigenvalue weighted by atomic mass is 127. The average molecular weight is 732 g/mol. The van der Waals surface area contributed by atoms with Crippen LogP contribution in [0.2, 0.25) is 0 Å². The predicted octanol–water partition coefficient (Wildman–Crippen LogP) is 3.73. The molecule has 1 aliphatic heterocycles. The van der Waals surface area contributed by atoms with Gasteiger partial charge in [-0.1, -0.05) is 17.4 Å². The van der Waals surface area contributed by atoms with Gasteiger partial charge < -0.3 is 19.3 Å². The molecule has 0 amide bonds. The second kappa shape index (κ2) is 10.9. The monoisotopic (exact) mass is 732 g/mol. The standard InChI is InChI=1S/C25H22I2N2O6S/c1-5-35-24(32)20-12(2)28-25-29(21(20)13-6-7-17(33-3)18(9-13)34-4)23(31)19(36-25)10-14-8-15(26)11-16(27)22(14)30/h6-11,21,30H,5H2,1-4H3/b19-10-/t21-/m1/s1. The molecule has 0 unspecified atom stereocenters. The number of phenolic OH excluding ortho intramolecular Hbond substituents is 1. The van der Waals surface area contributed by atoms with Gasteiger partial charge in [-0.25, -0.2) is 9.79 Å². The number of methoxy groups -OCH3 is 2. The van der Waals surface area contributed by atoms with Crippen molar-refractivity contribution in [3.8, 4) is 17.2 Å². The molecule has 0 aliphatic carbocycles. The van der Waals surface area contributed by atoms with Crippen LogP contribution in [0, 0.1) is 7.14 Å². The molecule has 0 radical (unpaired) electrons. The summed E-state index contributed by atoms with van der Waals surface area (Å²) in [6, 6.07) is 8.13. The zero-order valence-corrected chi connectivity index (χ0v) is 24.9. The minimum absolute atomic E-state index is 0.0988. The molecule has 1 aromatic heterocycles. The molecule has 2 heterocycles. The number of ether oxygens (including phenoxy) is 3. The second-order valence-corrected chi connectivity index (χ2v) is 11.2. The van der Waals surface area contributed by atoms with Crippen LogP contribution in [0.1, 0.15) is 31.0 Å². The maximum absolute atomic E-state index is 13.8. The highest BCUT2D eigenvalue weighted by Crippen LogP contribution is 2.36. The number of aromatic hydroxyl groups is 1. The summed E-state index contributed by atoms with van der Waals surface area (Å²) in [6.07, 6.45) is 1.65. The molecule has 0 fully saturated rings. The van der Waals surface area contributed by atoms with E-state index >= 15 is 0 Å². The molecule has 0 spiro atoms. The summed E-state index contributed by atoms with van der Waals surface area (Å²) < 4.78 is 19.7. The van der Waals surface area contributed by atoms with E-state index in [0.29, 0.717) is 41.2 Å². The Bertz CT molecular complexity index is 1570. The molecule has 0 saturated heterocycles. The summed E-state index contributed by atoms with van der Waals surface area (Å²) in [5.41, 5.74) is 1.58. The van der Waals surface area contributed by atoms with Gasteiger partial charge in [-0.15, -0.1) is 0 Å². The summed E-state index contributed by atoms with van der Waals surface area (Å²) >= 11 is 5.41. The fraction of sp³-hybridized carbons (Fsp3) is 0.240. The molecule has 1 N–H and O–H groups in total. The summed E-state index contributed by atoms with van der Waals surface area (Å²) in [6.45, 7) is 3.64. The molecule has 0 saturated carbocycles. The maximum Gasteiger partial charge on any atom is 0.338 e. The molecule has 36 heavy (non-hydrogen) atoms. The van der Waals surface area contributed by atoms with Crippen molar-refractivity contribution >= 4 is 68.6 Å². The largest absolute Gasteiger partial charge is 0.506 e. The number of aromatic nitrogens is 1. The molecule has 0 bridgehead atoms. The van der Waals surface area contributed by atoms with E-state index in [2.05, 4.69) is 50.2 Å². The van der Waals surface area contributed by atoms with Crippen LogP contribution in [0.4, 0.5) is 0 Å². The predicted molar refractivity (Wildman–Crippen MR) is 153 cm³/mol. The van der Waals surface area contributed by atoms with E-state index in [1.807, 2.05) is 6.07 Å². The van der Waals surface area contributed by atoms with Crippen LogP contribution >= 0.6 is 56.5 Å². The number of rotatable bonds is 6. The molecule has 1 atom stereocenters. The van der Waals surface area contributed by atoms with Crippen LogP contribution in [0.5, 0.6) is 17.2 Å². The molecule has 4 rings (SSSR count). The Morgan fingerprint density at radius 2 is 1.92 bits per heavy atom. The van der Waals surface area contributed by atoms with Gasteiger partial charge in [0.1, 0.15) is 5.75 Å². The van der Waals surface area contributed by atoms with Crippen LogP contribution < -0.4 is 24.4 Å². The van der Waals surface area contributed by atoms with Gasteiger partial charge in [0.05, 0.1) is 46.2 Å². The summed E-state index contributed by atoms with van der Waals surface area (Å²) in [5.74, 6) is 0.545. The van der Waals surface area contributed by atoms with E-state index in [0.717, 1.165) is 3.57 Å². The molecular formula is C25H22I2N2O6S. The zero-order valence-electron chi connectivity index (χ0n) is 19.8. The van der Waals surface area contributed by atoms with Crippen molar-refractivity contribution in [1.29, 1.82) is 0 Å². The number of carbonyl (C=O) groups excluding carboxylic acids is 1. The second-order valence-electron chi connectivity index (χ2n) is 7.74. The minimum atomic E-state index is -0.785. The summed E-state index contributed by atoms with van der Waals surface area (Å²) in [5, 5.41) is 10.6. The lowest BCUT2D eigenvalue weighted by molar-refractivity contribution is -0.139. The van der Waals surface area contributed by atoms with Gasteiger partial charge in [-0.05, 0) is 94.9 Å². The van der Waals surface area contributed by atoms with Gasteiger partial charge in [0, 0.05) is 9.13 Å². The number of benzene rings is 2. The number of nitrogens with zero attached hydrogens (tertiary/aromatic N) is 2. The first kappa shape index (κ1) is 26.7. The molecule has 2 aromatic carbocycles.